The van der Waals surface area contributed by atoms with Gasteiger partial charge in [-0.3, -0.25) is 0 Å². The van der Waals surface area contributed by atoms with Gasteiger partial charge in [0.2, 0.25) is 0 Å². The number of amides is 1. The summed E-state index contributed by atoms with van der Waals surface area (Å²) in [5, 5.41) is 0. The van der Waals surface area contributed by atoms with Crippen LogP contribution in [0.5, 0.6) is 0 Å². The second-order valence-corrected chi connectivity index (χ2v) is 5.70. The zero-order valence-corrected chi connectivity index (χ0v) is 10.4. The average molecular weight is 227 g/mol. The van der Waals surface area contributed by atoms with Crippen molar-refractivity contribution >= 4 is 6.09 Å². The molecule has 2 rings (SSSR count). The van der Waals surface area contributed by atoms with Gasteiger partial charge in [0.05, 0.1) is 12.7 Å². The number of hydrogen-bond donors (Lipinski definition) is 0. The summed E-state index contributed by atoms with van der Waals surface area (Å²) >= 11 is 0. The van der Waals surface area contributed by atoms with E-state index in [0.29, 0.717) is 12.0 Å². The molecule has 1 amide bonds. The van der Waals surface area contributed by atoms with Crippen molar-refractivity contribution < 1.29 is 14.3 Å². The summed E-state index contributed by atoms with van der Waals surface area (Å²) in [6, 6.07) is 0. The van der Waals surface area contributed by atoms with Gasteiger partial charge < -0.3 is 14.4 Å². The number of nitrogens with zero attached hydrogens (tertiary/aromatic N) is 1. The maximum atomic E-state index is 11.9. The number of carbonyl (C=O) groups excluding carboxylic acids is 1. The Labute approximate surface area is 96.9 Å². The minimum Gasteiger partial charge on any atom is -0.444 e. The first-order chi connectivity index (χ1) is 7.46. The fourth-order valence-corrected chi connectivity index (χ4v) is 2.13. The van der Waals surface area contributed by atoms with Crippen LogP contribution in [0.15, 0.2) is 0 Å². The maximum absolute atomic E-state index is 11.9. The van der Waals surface area contributed by atoms with Crippen molar-refractivity contribution in [2.45, 2.75) is 45.3 Å². The molecule has 4 heteroatoms. The lowest BCUT2D eigenvalue weighted by Gasteiger charge is -2.33. The normalized spacial score (nSPS) is 30.1. The van der Waals surface area contributed by atoms with Crippen LogP contribution in [0.25, 0.3) is 0 Å². The molecule has 92 valence electrons. The number of rotatable bonds is 1. The third-order valence-corrected chi connectivity index (χ3v) is 2.99. The lowest BCUT2D eigenvalue weighted by molar-refractivity contribution is 0.0151. The molecule has 0 N–H and O–H groups in total. The van der Waals surface area contributed by atoms with E-state index in [-0.39, 0.29) is 6.09 Å². The molecule has 2 saturated heterocycles. The van der Waals surface area contributed by atoms with E-state index in [9.17, 15) is 4.79 Å². The van der Waals surface area contributed by atoms with E-state index < -0.39 is 5.60 Å². The van der Waals surface area contributed by atoms with Gasteiger partial charge in [0.25, 0.3) is 0 Å². The summed E-state index contributed by atoms with van der Waals surface area (Å²) in [6.45, 7) is 8.17. The molecule has 0 aliphatic carbocycles. The van der Waals surface area contributed by atoms with Crippen molar-refractivity contribution in [1.82, 2.24) is 4.90 Å². The maximum Gasteiger partial charge on any atom is 0.410 e. The largest absolute Gasteiger partial charge is 0.444 e. The van der Waals surface area contributed by atoms with Crippen molar-refractivity contribution in [2.75, 3.05) is 19.7 Å². The fourth-order valence-electron chi connectivity index (χ4n) is 2.13. The molecule has 0 aromatic heterocycles. The van der Waals surface area contributed by atoms with Crippen LogP contribution < -0.4 is 0 Å². The molecule has 2 aliphatic heterocycles. The first-order valence-corrected chi connectivity index (χ1v) is 6.05. The van der Waals surface area contributed by atoms with E-state index in [1.807, 2.05) is 25.7 Å². The number of ether oxygens (including phenoxy) is 2. The highest BCUT2D eigenvalue weighted by Crippen LogP contribution is 2.29. The minimum absolute atomic E-state index is 0.183. The summed E-state index contributed by atoms with van der Waals surface area (Å²) in [5.41, 5.74) is -0.403. The van der Waals surface area contributed by atoms with Gasteiger partial charge >= 0.3 is 6.09 Å². The van der Waals surface area contributed by atoms with Gasteiger partial charge in [-0.2, -0.15) is 0 Å². The molecule has 2 atom stereocenters. The Kier molecular flexibility index (Phi) is 3.10. The molecule has 2 fully saturated rings. The van der Waals surface area contributed by atoms with E-state index in [0.717, 1.165) is 26.1 Å². The quantitative estimate of drug-likeness (QED) is 0.644. The summed E-state index contributed by atoms with van der Waals surface area (Å²) < 4.78 is 10.7. The lowest BCUT2D eigenvalue weighted by atomic mass is 9.95. The van der Waals surface area contributed by atoms with Gasteiger partial charge in [-0.05, 0) is 33.6 Å². The first-order valence-electron chi connectivity index (χ1n) is 6.05. The molecule has 0 aromatic carbocycles. The summed E-state index contributed by atoms with van der Waals surface area (Å²) in [5.74, 6) is 0.515. The molecule has 2 unspecified atom stereocenters. The van der Waals surface area contributed by atoms with E-state index in [2.05, 4.69) is 0 Å². The second kappa shape index (κ2) is 4.24. The van der Waals surface area contributed by atoms with Gasteiger partial charge in [-0.15, -0.1) is 0 Å². The van der Waals surface area contributed by atoms with E-state index in [4.69, 9.17) is 9.47 Å². The summed E-state index contributed by atoms with van der Waals surface area (Å²) in [7, 11) is 0. The standard InChI is InChI=1S/C12H21NO3/c1-12(2,3)16-11(14)13-6-4-5-9(7-13)10-8-15-10/h9-10H,4-8H2,1-3H3. The molecule has 4 nitrogen and oxygen atoms in total. The Morgan fingerprint density at radius 2 is 2.12 bits per heavy atom. The van der Waals surface area contributed by atoms with Crippen LogP contribution in [0.2, 0.25) is 0 Å². The van der Waals surface area contributed by atoms with E-state index in [1.165, 1.54) is 6.42 Å². The number of epoxide rings is 1. The van der Waals surface area contributed by atoms with Gasteiger partial charge in [0, 0.05) is 19.0 Å². The van der Waals surface area contributed by atoms with Crippen LogP contribution in [0.1, 0.15) is 33.6 Å². The topological polar surface area (TPSA) is 42.1 Å². The third-order valence-electron chi connectivity index (χ3n) is 2.99. The number of piperidine rings is 1. The zero-order chi connectivity index (χ0) is 11.8. The van der Waals surface area contributed by atoms with Crippen molar-refractivity contribution in [3.05, 3.63) is 0 Å². The van der Waals surface area contributed by atoms with E-state index >= 15 is 0 Å². The molecule has 0 radical (unpaired) electrons. The predicted molar refractivity (Wildman–Crippen MR) is 60.3 cm³/mol. The van der Waals surface area contributed by atoms with Crippen molar-refractivity contribution in [1.29, 1.82) is 0 Å². The molecule has 0 aromatic rings. The molecule has 0 saturated carbocycles. The molecule has 16 heavy (non-hydrogen) atoms. The molecule has 2 heterocycles. The monoisotopic (exact) mass is 227 g/mol. The number of likely N-dealkylation sites (tertiary alicyclic amines) is 1. The molecular formula is C12H21NO3. The van der Waals surface area contributed by atoms with Gasteiger partial charge in [0.1, 0.15) is 5.60 Å². The number of carbonyl (C=O) groups is 1. The number of hydrogen-bond acceptors (Lipinski definition) is 3. The Morgan fingerprint density at radius 1 is 1.44 bits per heavy atom. The smallest absolute Gasteiger partial charge is 0.410 e. The molecular weight excluding hydrogens is 206 g/mol. The molecule has 0 spiro atoms. The van der Waals surface area contributed by atoms with Crippen LogP contribution in [-0.4, -0.2) is 42.4 Å². The lowest BCUT2D eigenvalue weighted by Crippen LogP contribution is -2.44. The van der Waals surface area contributed by atoms with Crippen LogP contribution in [0.4, 0.5) is 4.79 Å². The Hall–Kier alpha value is -0.770. The summed E-state index contributed by atoms with van der Waals surface area (Å²) in [6.07, 6.45) is 2.44. The van der Waals surface area contributed by atoms with Crippen molar-refractivity contribution in [3.8, 4) is 0 Å². The predicted octanol–water partition coefficient (Wildman–Crippen LogP) is 2.03. The third kappa shape index (κ3) is 3.11. The Bertz CT molecular complexity index is 268. The first kappa shape index (κ1) is 11.7. The minimum atomic E-state index is -0.403. The van der Waals surface area contributed by atoms with Gasteiger partial charge in [-0.25, -0.2) is 4.79 Å². The van der Waals surface area contributed by atoms with Gasteiger partial charge in [-0.1, -0.05) is 0 Å². The SMILES string of the molecule is CC(C)(C)OC(=O)N1CCCC(C2CO2)C1. The summed E-state index contributed by atoms with van der Waals surface area (Å²) in [4.78, 5) is 13.7. The highest BCUT2D eigenvalue weighted by molar-refractivity contribution is 5.68. The fraction of sp³-hybridized carbons (Fsp3) is 0.917. The van der Waals surface area contributed by atoms with E-state index in [1.54, 1.807) is 0 Å². The highest BCUT2D eigenvalue weighted by atomic mass is 16.6. The highest BCUT2D eigenvalue weighted by Gasteiger charge is 2.37. The zero-order valence-electron chi connectivity index (χ0n) is 10.4. The Morgan fingerprint density at radius 3 is 2.69 bits per heavy atom. The molecule has 2 aliphatic rings. The van der Waals surface area contributed by atoms with Crippen molar-refractivity contribution in [3.63, 3.8) is 0 Å². The van der Waals surface area contributed by atoms with Gasteiger partial charge in [0.15, 0.2) is 0 Å². The van der Waals surface area contributed by atoms with Crippen LogP contribution in [0, 0.1) is 5.92 Å². The average Bonchev–Trinajstić information content (AvgIpc) is 2.98. The van der Waals surface area contributed by atoms with Crippen LogP contribution in [0.3, 0.4) is 0 Å². The van der Waals surface area contributed by atoms with Crippen LogP contribution >= 0.6 is 0 Å². The second-order valence-electron chi connectivity index (χ2n) is 5.70. The van der Waals surface area contributed by atoms with Crippen LogP contribution in [-0.2, 0) is 9.47 Å². The Balaban J connectivity index is 1.86. The van der Waals surface area contributed by atoms with Crippen molar-refractivity contribution in [2.24, 2.45) is 5.92 Å². The molecule has 0 bridgehead atoms.